The van der Waals surface area contributed by atoms with Gasteiger partial charge in [0.15, 0.2) is 0 Å². The predicted octanol–water partition coefficient (Wildman–Crippen LogP) is 0.580. The van der Waals surface area contributed by atoms with Crippen LogP contribution in [0.5, 0.6) is 0 Å². The van der Waals surface area contributed by atoms with Gasteiger partial charge in [0.25, 0.3) is 18.0 Å². The summed E-state index contributed by atoms with van der Waals surface area (Å²) in [5, 5.41) is 19.7. The molecule has 1 rings (SSSR count). The van der Waals surface area contributed by atoms with Crippen LogP contribution in [-0.4, -0.2) is 47.0 Å². The molecule has 0 aliphatic heterocycles. The largest absolute Gasteiger partial charge is 0.395 e. The number of nitrogen functional groups attached to an aromatic ring is 1. The first kappa shape index (κ1) is 16.7. The molecule has 0 aromatic heterocycles. The number of carbonyl (C=O) groups excluding carboxylic acids is 1. The van der Waals surface area contributed by atoms with Crippen molar-refractivity contribution in [1.29, 1.82) is 0 Å². The van der Waals surface area contributed by atoms with Crippen molar-refractivity contribution in [3.05, 3.63) is 33.9 Å². The van der Waals surface area contributed by atoms with E-state index in [2.05, 4.69) is 5.43 Å². The summed E-state index contributed by atoms with van der Waals surface area (Å²) in [4.78, 5) is 22.9. The molecular weight excluding hydrogens is 290 g/mol. The van der Waals surface area contributed by atoms with E-state index in [0.717, 1.165) is 11.0 Å². The van der Waals surface area contributed by atoms with Crippen LogP contribution in [0.1, 0.15) is 10.4 Å². The zero-order valence-electron chi connectivity index (χ0n) is 10.8. The Morgan fingerprint density at radius 2 is 2.19 bits per heavy atom. The van der Waals surface area contributed by atoms with Gasteiger partial charge in [-0.1, -0.05) is 0 Å². The third-order valence-electron chi connectivity index (χ3n) is 2.61. The minimum atomic E-state index is -2.78. The number of rotatable bonds is 7. The van der Waals surface area contributed by atoms with E-state index in [4.69, 9.17) is 10.9 Å². The van der Waals surface area contributed by atoms with Gasteiger partial charge in [0.1, 0.15) is 5.69 Å². The molecule has 8 nitrogen and oxygen atoms in total. The van der Waals surface area contributed by atoms with E-state index < -0.39 is 36.1 Å². The molecule has 0 spiro atoms. The lowest BCUT2D eigenvalue weighted by molar-refractivity contribution is -0.384. The maximum Gasteiger partial charge on any atom is 0.294 e. The van der Waals surface area contributed by atoms with E-state index in [9.17, 15) is 23.7 Å². The third kappa shape index (κ3) is 4.33. The van der Waals surface area contributed by atoms with E-state index in [1.54, 1.807) is 0 Å². The molecule has 0 saturated heterocycles. The first-order valence-corrected chi connectivity index (χ1v) is 5.84. The average molecular weight is 304 g/mol. The number of nitro groups is 1. The highest BCUT2D eigenvalue weighted by Crippen LogP contribution is 2.25. The summed E-state index contributed by atoms with van der Waals surface area (Å²) < 4.78 is 24.8. The second-order valence-electron chi connectivity index (χ2n) is 4.00. The van der Waals surface area contributed by atoms with Crippen molar-refractivity contribution in [3.8, 4) is 0 Å². The highest BCUT2D eigenvalue weighted by molar-refractivity contribution is 5.95. The maximum atomic E-state index is 12.4. The molecule has 0 radical (unpaired) electrons. The number of carbonyl (C=O) groups is 1. The maximum absolute atomic E-state index is 12.4. The van der Waals surface area contributed by atoms with Crippen LogP contribution in [0.3, 0.4) is 0 Å². The zero-order chi connectivity index (χ0) is 16.0. The Morgan fingerprint density at radius 1 is 1.52 bits per heavy atom. The summed E-state index contributed by atoms with van der Waals surface area (Å²) in [5.74, 6) is 4.27. The summed E-state index contributed by atoms with van der Waals surface area (Å²) in [7, 11) is 0. The van der Waals surface area contributed by atoms with Gasteiger partial charge in [0.2, 0.25) is 0 Å². The minimum absolute atomic E-state index is 0.0147. The van der Waals surface area contributed by atoms with E-state index in [1.807, 2.05) is 0 Å². The number of nitrogens with zero attached hydrogens (tertiary/aromatic N) is 2. The molecule has 1 amide bonds. The average Bonchev–Trinajstić information content (AvgIpc) is 2.44. The highest BCUT2D eigenvalue weighted by atomic mass is 19.3. The standard InChI is InChI=1S/C11H14F2N4O4/c12-10(13)6-16(3-4-18)11(19)7-1-2-8(15-14)9(5-7)17(20)21/h1-2,5,10,15,18H,3-4,6,14H2. The van der Waals surface area contributed by atoms with Crippen molar-refractivity contribution in [1.82, 2.24) is 4.90 Å². The van der Waals surface area contributed by atoms with E-state index in [-0.39, 0.29) is 17.8 Å². The van der Waals surface area contributed by atoms with Gasteiger partial charge in [0.05, 0.1) is 18.1 Å². The van der Waals surface area contributed by atoms with Gasteiger partial charge in [-0.25, -0.2) is 8.78 Å². The molecule has 0 atom stereocenters. The van der Waals surface area contributed by atoms with Crippen LogP contribution < -0.4 is 11.3 Å². The van der Waals surface area contributed by atoms with Crippen LogP contribution in [0.2, 0.25) is 0 Å². The van der Waals surface area contributed by atoms with Gasteiger partial charge < -0.3 is 15.4 Å². The number of hydrazine groups is 1. The summed E-state index contributed by atoms with van der Waals surface area (Å²) in [6, 6.07) is 3.36. The summed E-state index contributed by atoms with van der Waals surface area (Å²) >= 11 is 0. The molecule has 0 heterocycles. The number of hydrogen-bond donors (Lipinski definition) is 3. The van der Waals surface area contributed by atoms with Crippen molar-refractivity contribution < 1.29 is 23.6 Å². The molecule has 0 fully saturated rings. The highest BCUT2D eigenvalue weighted by Gasteiger charge is 2.22. The second-order valence-corrected chi connectivity index (χ2v) is 4.00. The number of anilines is 1. The Morgan fingerprint density at radius 3 is 2.67 bits per heavy atom. The van der Waals surface area contributed by atoms with Crippen molar-refractivity contribution in [3.63, 3.8) is 0 Å². The van der Waals surface area contributed by atoms with Gasteiger partial charge in [-0.05, 0) is 12.1 Å². The first-order valence-electron chi connectivity index (χ1n) is 5.84. The number of nitro benzene ring substituents is 1. The summed E-state index contributed by atoms with van der Waals surface area (Å²) in [6.45, 7) is -1.67. The van der Waals surface area contributed by atoms with E-state index in [0.29, 0.717) is 0 Å². The molecule has 0 unspecified atom stereocenters. The van der Waals surface area contributed by atoms with Crippen LogP contribution >= 0.6 is 0 Å². The Kier molecular flexibility index (Phi) is 5.93. The molecule has 116 valence electrons. The molecular formula is C11H14F2N4O4. The van der Waals surface area contributed by atoms with Gasteiger partial charge in [-0.3, -0.25) is 20.8 Å². The number of nitrogens with two attached hydrogens (primary N) is 1. The zero-order valence-corrected chi connectivity index (χ0v) is 10.8. The number of amides is 1. The van der Waals surface area contributed by atoms with Crippen LogP contribution in [0.25, 0.3) is 0 Å². The Balaban J connectivity index is 3.10. The molecule has 21 heavy (non-hydrogen) atoms. The van der Waals surface area contributed by atoms with Gasteiger partial charge in [0, 0.05) is 18.2 Å². The number of aliphatic hydroxyl groups is 1. The fourth-order valence-electron chi connectivity index (χ4n) is 1.68. The van der Waals surface area contributed by atoms with Crippen molar-refractivity contribution >= 4 is 17.3 Å². The van der Waals surface area contributed by atoms with E-state index in [1.165, 1.54) is 12.1 Å². The van der Waals surface area contributed by atoms with Gasteiger partial charge in [-0.15, -0.1) is 0 Å². The molecule has 4 N–H and O–H groups in total. The fourth-order valence-corrected chi connectivity index (χ4v) is 1.68. The van der Waals surface area contributed by atoms with E-state index >= 15 is 0 Å². The second kappa shape index (κ2) is 7.45. The van der Waals surface area contributed by atoms with Crippen LogP contribution in [0.15, 0.2) is 18.2 Å². The Bertz CT molecular complexity index is 527. The van der Waals surface area contributed by atoms with Crippen LogP contribution in [0, 0.1) is 10.1 Å². The first-order chi connectivity index (χ1) is 9.90. The van der Waals surface area contributed by atoms with Gasteiger partial charge >= 0.3 is 0 Å². The van der Waals surface area contributed by atoms with Crippen molar-refractivity contribution in [2.45, 2.75) is 6.43 Å². The lowest BCUT2D eigenvalue weighted by atomic mass is 10.1. The lowest BCUT2D eigenvalue weighted by Gasteiger charge is -2.21. The summed E-state index contributed by atoms with van der Waals surface area (Å²) in [6.07, 6.45) is -2.78. The lowest BCUT2D eigenvalue weighted by Crippen LogP contribution is -2.37. The van der Waals surface area contributed by atoms with Crippen molar-refractivity contribution in [2.75, 3.05) is 25.1 Å². The fraction of sp³-hybridized carbons (Fsp3) is 0.364. The third-order valence-corrected chi connectivity index (χ3v) is 2.61. The smallest absolute Gasteiger partial charge is 0.294 e. The SMILES string of the molecule is NNc1ccc(C(=O)N(CCO)CC(F)F)cc1[N+](=O)[O-]. The molecule has 1 aromatic carbocycles. The minimum Gasteiger partial charge on any atom is -0.395 e. The summed E-state index contributed by atoms with van der Waals surface area (Å²) in [5.41, 5.74) is 1.49. The number of nitrogens with one attached hydrogen (secondary N) is 1. The number of halogens is 2. The molecule has 1 aromatic rings. The number of aliphatic hydroxyl groups excluding tert-OH is 1. The molecule has 0 aliphatic carbocycles. The number of benzene rings is 1. The number of hydrogen-bond acceptors (Lipinski definition) is 6. The molecule has 0 saturated carbocycles. The Hall–Kier alpha value is -2.33. The predicted molar refractivity (Wildman–Crippen MR) is 69.9 cm³/mol. The monoisotopic (exact) mass is 304 g/mol. The van der Waals surface area contributed by atoms with Crippen LogP contribution in [-0.2, 0) is 0 Å². The Labute approximate surface area is 118 Å². The topological polar surface area (TPSA) is 122 Å². The molecule has 0 bridgehead atoms. The normalized spacial score (nSPS) is 10.5. The van der Waals surface area contributed by atoms with Gasteiger partial charge in [-0.2, -0.15) is 0 Å². The van der Waals surface area contributed by atoms with Crippen molar-refractivity contribution in [2.24, 2.45) is 5.84 Å². The molecule has 0 aliphatic rings. The van der Waals surface area contributed by atoms with Crippen LogP contribution in [0.4, 0.5) is 20.2 Å². The quantitative estimate of drug-likeness (QED) is 0.385. The molecule has 10 heteroatoms. The number of alkyl halides is 2.